The normalized spacial score (nSPS) is 19.4. The summed E-state index contributed by atoms with van der Waals surface area (Å²) in [5, 5.41) is 12.7. The molecule has 0 heterocycles. The van der Waals surface area contributed by atoms with E-state index in [1.54, 1.807) is 25.1 Å². The van der Waals surface area contributed by atoms with E-state index in [1.165, 1.54) is 23.9 Å². The van der Waals surface area contributed by atoms with Crippen LogP contribution >= 0.6 is 11.8 Å². The Morgan fingerprint density at radius 2 is 1.73 bits per heavy atom. The Labute approximate surface area is 184 Å². The molecule has 0 aromatic heterocycles. The fraction of sp³-hybridized carbons (Fsp3) is 0.522. The molecule has 1 aromatic carbocycles. The number of carbonyl (C=O) groups is 2. The van der Waals surface area contributed by atoms with Crippen LogP contribution in [0.3, 0.4) is 0 Å². The lowest BCUT2D eigenvalue weighted by atomic mass is 9.87. The van der Waals surface area contributed by atoms with Gasteiger partial charge in [-0.15, -0.1) is 11.8 Å². The Bertz CT molecular complexity index is 736. The van der Waals surface area contributed by atoms with Crippen LogP contribution in [0.4, 0.5) is 0 Å². The van der Waals surface area contributed by atoms with Crippen LogP contribution < -0.4 is 5.32 Å². The number of amides is 1. The van der Waals surface area contributed by atoms with E-state index >= 15 is 0 Å². The quantitative estimate of drug-likeness (QED) is 0.354. The fourth-order valence-corrected chi connectivity index (χ4v) is 3.63. The van der Waals surface area contributed by atoms with Gasteiger partial charge in [0.1, 0.15) is 5.04 Å². The van der Waals surface area contributed by atoms with Crippen LogP contribution in [-0.2, 0) is 9.53 Å². The summed E-state index contributed by atoms with van der Waals surface area (Å²) in [6.07, 6.45) is 7.92. The number of carboxylic acid groups (broad SMARTS) is 1. The van der Waals surface area contributed by atoms with Gasteiger partial charge in [-0.3, -0.25) is 4.79 Å². The number of rotatable bonds is 7. The average Bonchev–Trinajstić information content (AvgIpc) is 2.77. The van der Waals surface area contributed by atoms with E-state index in [4.69, 9.17) is 9.84 Å². The highest BCUT2D eigenvalue weighted by Gasteiger charge is 2.20. The molecule has 1 fully saturated rings. The summed E-state index contributed by atoms with van der Waals surface area (Å²) in [5.41, 5.74) is 1.02. The van der Waals surface area contributed by atoms with Crippen molar-refractivity contribution in [2.24, 2.45) is 10.9 Å². The molecule has 1 amide bonds. The molecule has 1 aliphatic rings. The van der Waals surface area contributed by atoms with E-state index in [-0.39, 0.29) is 24.1 Å². The minimum Gasteiger partial charge on any atom is -0.478 e. The average molecular weight is 435 g/mol. The Kier molecular flexibility index (Phi) is 11.9. The molecule has 7 heteroatoms. The molecule has 1 aromatic rings. The summed E-state index contributed by atoms with van der Waals surface area (Å²) in [6.45, 7) is 7.97. The van der Waals surface area contributed by atoms with Crippen LogP contribution in [0.5, 0.6) is 0 Å². The number of nitrogens with zero attached hydrogens (tertiary/aromatic N) is 1. The van der Waals surface area contributed by atoms with Gasteiger partial charge in [0.05, 0.1) is 5.56 Å². The number of hydrogen-bond donors (Lipinski definition) is 2. The first-order chi connectivity index (χ1) is 14.4. The lowest BCUT2D eigenvalue weighted by Crippen LogP contribution is -2.39. The first kappa shape index (κ1) is 25.8. The summed E-state index contributed by atoms with van der Waals surface area (Å²) in [5.74, 6) is -0.00214. The zero-order valence-electron chi connectivity index (χ0n) is 18.6. The van der Waals surface area contributed by atoms with E-state index in [9.17, 15) is 9.59 Å². The van der Waals surface area contributed by atoms with Gasteiger partial charge in [0.25, 0.3) is 5.91 Å². The second-order valence-corrected chi connectivity index (χ2v) is 7.74. The molecule has 0 saturated heterocycles. The van der Waals surface area contributed by atoms with E-state index < -0.39 is 5.97 Å². The predicted molar refractivity (Wildman–Crippen MR) is 124 cm³/mol. The SMILES string of the molecule is C/C=C(/N=C(\SC)c1ccc(C(=O)O)cc1)OCC(=O)NC1CCC(C)CC1.CC. The molecule has 1 saturated carbocycles. The van der Waals surface area contributed by atoms with Gasteiger partial charge >= 0.3 is 5.97 Å². The van der Waals surface area contributed by atoms with Crippen LogP contribution in [0.25, 0.3) is 0 Å². The minimum atomic E-state index is -0.967. The summed E-state index contributed by atoms with van der Waals surface area (Å²) in [4.78, 5) is 27.6. The number of thioether (sulfide) groups is 1. The Balaban J connectivity index is 0.00000218. The van der Waals surface area contributed by atoms with Crippen LogP contribution in [0.2, 0.25) is 0 Å². The number of allylic oxidation sites excluding steroid dienone is 1. The molecule has 0 radical (unpaired) electrons. The molecule has 30 heavy (non-hydrogen) atoms. The van der Waals surface area contributed by atoms with Crippen molar-refractivity contribution in [2.45, 2.75) is 59.4 Å². The van der Waals surface area contributed by atoms with Crippen molar-refractivity contribution in [3.05, 3.63) is 47.4 Å². The molecule has 2 N–H and O–H groups in total. The highest BCUT2D eigenvalue weighted by Crippen LogP contribution is 2.23. The predicted octanol–water partition coefficient (Wildman–Crippen LogP) is 5.09. The van der Waals surface area contributed by atoms with Crippen LogP contribution in [0.15, 0.2) is 41.2 Å². The number of aromatic carboxylic acids is 1. The van der Waals surface area contributed by atoms with Crippen molar-refractivity contribution in [1.29, 1.82) is 0 Å². The van der Waals surface area contributed by atoms with Gasteiger partial charge in [0, 0.05) is 11.6 Å². The second kappa shape index (κ2) is 13.9. The van der Waals surface area contributed by atoms with Gasteiger partial charge in [-0.05, 0) is 63.0 Å². The topological polar surface area (TPSA) is 88.0 Å². The summed E-state index contributed by atoms with van der Waals surface area (Å²) >= 11 is 1.43. The van der Waals surface area contributed by atoms with Crippen LogP contribution in [-0.4, -0.2) is 40.9 Å². The summed E-state index contributed by atoms with van der Waals surface area (Å²) in [7, 11) is 0. The Morgan fingerprint density at radius 1 is 1.17 bits per heavy atom. The zero-order valence-corrected chi connectivity index (χ0v) is 19.4. The number of nitrogens with one attached hydrogen (secondary N) is 1. The third kappa shape index (κ3) is 8.61. The van der Waals surface area contributed by atoms with E-state index in [0.717, 1.165) is 37.2 Å². The van der Waals surface area contributed by atoms with Gasteiger partial charge in [0.2, 0.25) is 5.88 Å². The Hall–Kier alpha value is -2.28. The molecule has 1 aliphatic carbocycles. The van der Waals surface area contributed by atoms with Crippen molar-refractivity contribution >= 4 is 28.7 Å². The third-order valence-electron chi connectivity index (χ3n) is 4.76. The fourth-order valence-electron chi connectivity index (χ4n) is 3.08. The first-order valence-electron chi connectivity index (χ1n) is 10.5. The Morgan fingerprint density at radius 3 is 2.23 bits per heavy atom. The van der Waals surface area contributed by atoms with Gasteiger partial charge in [0.15, 0.2) is 6.61 Å². The molecular weight excluding hydrogens is 400 g/mol. The molecule has 166 valence electrons. The number of aliphatic imine (C=N–C) groups is 1. The first-order valence-corrected chi connectivity index (χ1v) is 11.7. The van der Waals surface area contributed by atoms with Gasteiger partial charge in [-0.1, -0.05) is 32.9 Å². The molecule has 0 aliphatic heterocycles. The lowest BCUT2D eigenvalue weighted by molar-refractivity contribution is -0.125. The lowest BCUT2D eigenvalue weighted by Gasteiger charge is -2.26. The molecule has 0 bridgehead atoms. The van der Waals surface area contributed by atoms with Gasteiger partial charge in [-0.25, -0.2) is 9.79 Å². The highest BCUT2D eigenvalue weighted by atomic mass is 32.2. The third-order valence-corrected chi connectivity index (χ3v) is 5.48. The highest BCUT2D eigenvalue weighted by molar-refractivity contribution is 8.13. The standard InChI is InChI=1S/C21H28N2O4S.C2H6/c1-4-19(27-13-18(24)22-17-11-5-14(2)6-12-17)23-20(28-3)15-7-9-16(10-8-15)21(25)26;1-2/h4,7-10,14,17H,5-6,11-13H2,1-3H3,(H,22,24)(H,25,26);1-2H3/b19-4-,23-20-;. The summed E-state index contributed by atoms with van der Waals surface area (Å²) < 4.78 is 5.59. The molecule has 6 nitrogen and oxygen atoms in total. The molecule has 0 spiro atoms. The minimum absolute atomic E-state index is 0.0746. The van der Waals surface area contributed by atoms with E-state index in [2.05, 4.69) is 17.2 Å². The number of ether oxygens (including phenoxy) is 1. The zero-order chi connectivity index (χ0) is 22.5. The van der Waals surface area contributed by atoms with Crippen molar-refractivity contribution in [3.8, 4) is 0 Å². The van der Waals surface area contributed by atoms with Gasteiger partial charge in [-0.2, -0.15) is 0 Å². The number of benzene rings is 1. The smallest absolute Gasteiger partial charge is 0.335 e. The van der Waals surface area contributed by atoms with Gasteiger partial charge < -0.3 is 15.2 Å². The van der Waals surface area contributed by atoms with E-state index in [0.29, 0.717) is 10.9 Å². The monoisotopic (exact) mass is 434 g/mol. The maximum atomic E-state index is 12.2. The number of carboxylic acids is 1. The maximum absolute atomic E-state index is 12.2. The van der Waals surface area contributed by atoms with Crippen molar-refractivity contribution in [3.63, 3.8) is 0 Å². The molecule has 2 rings (SSSR count). The largest absolute Gasteiger partial charge is 0.478 e. The second-order valence-electron chi connectivity index (χ2n) is 6.94. The molecule has 0 unspecified atom stereocenters. The van der Waals surface area contributed by atoms with Crippen molar-refractivity contribution in [1.82, 2.24) is 5.32 Å². The van der Waals surface area contributed by atoms with Crippen molar-refractivity contribution in [2.75, 3.05) is 12.9 Å². The van der Waals surface area contributed by atoms with Crippen LogP contribution in [0.1, 0.15) is 69.3 Å². The molecule has 0 atom stereocenters. The molecular formula is C23H34N2O4S. The maximum Gasteiger partial charge on any atom is 0.335 e. The van der Waals surface area contributed by atoms with Crippen LogP contribution in [0, 0.1) is 5.92 Å². The summed E-state index contributed by atoms with van der Waals surface area (Å²) in [6, 6.07) is 6.74. The van der Waals surface area contributed by atoms with E-state index in [1.807, 2.05) is 20.1 Å². The number of carbonyl (C=O) groups excluding carboxylic acids is 1. The van der Waals surface area contributed by atoms with Crippen molar-refractivity contribution < 1.29 is 19.4 Å². The number of hydrogen-bond acceptors (Lipinski definition) is 5.